The molecule has 0 spiro atoms. The van der Waals surface area contributed by atoms with Gasteiger partial charge in [0, 0.05) is 30.2 Å². The van der Waals surface area contributed by atoms with E-state index in [9.17, 15) is 9.90 Å². The van der Waals surface area contributed by atoms with Gasteiger partial charge in [0.05, 0.1) is 5.60 Å². The van der Waals surface area contributed by atoms with E-state index in [2.05, 4.69) is 20.9 Å². The van der Waals surface area contributed by atoms with Crippen LogP contribution in [0.5, 0.6) is 0 Å². The van der Waals surface area contributed by atoms with Crippen LogP contribution < -0.4 is 0 Å². The van der Waals surface area contributed by atoms with Gasteiger partial charge in [-0.05, 0) is 61.2 Å². The van der Waals surface area contributed by atoms with E-state index in [1.807, 2.05) is 20.8 Å². The minimum Gasteiger partial charge on any atom is -0.444 e. The molecule has 5 nitrogen and oxygen atoms in total. The summed E-state index contributed by atoms with van der Waals surface area (Å²) in [6.07, 6.45) is 2.78. The fraction of sp³-hybridized carbons (Fsp3) is 0.625. The van der Waals surface area contributed by atoms with Gasteiger partial charge < -0.3 is 14.7 Å². The standard InChI is InChI=1S/C16H22BrClN2O3/c1-15(2,3)23-14(21)20-6-4-16(22,5-7-20)9-11-8-13(18)19-10-12(11)17/h8,10,22H,4-7,9H2,1-3H3. The number of amides is 1. The van der Waals surface area contributed by atoms with Gasteiger partial charge in [0.25, 0.3) is 0 Å². The lowest BCUT2D eigenvalue weighted by molar-refractivity contribution is -0.0316. The first-order valence-corrected chi connectivity index (χ1v) is 8.75. The second-order valence-corrected chi connectivity index (χ2v) is 8.21. The summed E-state index contributed by atoms with van der Waals surface area (Å²) in [5.74, 6) is 0. The van der Waals surface area contributed by atoms with Crippen molar-refractivity contribution >= 4 is 33.6 Å². The van der Waals surface area contributed by atoms with Gasteiger partial charge in [0.15, 0.2) is 0 Å². The quantitative estimate of drug-likeness (QED) is 0.760. The number of aromatic nitrogens is 1. The first-order chi connectivity index (χ1) is 10.6. The van der Waals surface area contributed by atoms with Gasteiger partial charge in [-0.15, -0.1) is 0 Å². The Hall–Kier alpha value is -0.850. The molecule has 1 N–H and O–H groups in total. The summed E-state index contributed by atoms with van der Waals surface area (Å²) in [6.45, 7) is 6.48. The maximum atomic E-state index is 12.1. The molecule has 0 saturated carbocycles. The highest BCUT2D eigenvalue weighted by atomic mass is 79.9. The van der Waals surface area contributed by atoms with Crippen LogP contribution >= 0.6 is 27.5 Å². The summed E-state index contributed by atoms with van der Waals surface area (Å²) in [4.78, 5) is 17.7. The summed E-state index contributed by atoms with van der Waals surface area (Å²) >= 11 is 9.36. The largest absolute Gasteiger partial charge is 0.444 e. The monoisotopic (exact) mass is 404 g/mol. The molecule has 1 fully saturated rings. The van der Waals surface area contributed by atoms with E-state index < -0.39 is 11.2 Å². The number of piperidine rings is 1. The van der Waals surface area contributed by atoms with Crippen molar-refractivity contribution in [1.29, 1.82) is 0 Å². The molecule has 0 bridgehead atoms. The summed E-state index contributed by atoms with van der Waals surface area (Å²) in [5.41, 5.74) is -0.451. The third-order valence-electron chi connectivity index (χ3n) is 3.77. The van der Waals surface area contributed by atoms with Crippen LogP contribution in [0.4, 0.5) is 4.79 Å². The maximum absolute atomic E-state index is 12.1. The van der Waals surface area contributed by atoms with E-state index in [0.717, 1.165) is 10.0 Å². The Labute approximate surface area is 150 Å². The van der Waals surface area contributed by atoms with Crippen molar-refractivity contribution in [2.45, 2.75) is 51.2 Å². The molecule has 1 aliphatic rings. The molecule has 2 rings (SSSR count). The van der Waals surface area contributed by atoms with Crippen molar-refractivity contribution in [2.75, 3.05) is 13.1 Å². The summed E-state index contributed by atoms with van der Waals surface area (Å²) in [6, 6.07) is 1.75. The number of likely N-dealkylation sites (tertiary alicyclic amines) is 1. The van der Waals surface area contributed by atoms with Crippen LogP contribution in [-0.2, 0) is 11.2 Å². The van der Waals surface area contributed by atoms with E-state index in [4.69, 9.17) is 16.3 Å². The predicted octanol–water partition coefficient (Wildman–Crippen LogP) is 3.80. The molecule has 0 aromatic carbocycles. The average Bonchev–Trinajstić information content (AvgIpc) is 2.41. The van der Waals surface area contributed by atoms with Crippen LogP contribution in [0.25, 0.3) is 0 Å². The third-order valence-corrected chi connectivity index (χ3v) is 4.69. The van der Waals surface area contributed by atoms with Crippen LogP contribution in [0.3, 0.4) is 0 Å². The molecule has 0 radical (unpaired) electrons. The molecule has 2 heterocycles. The van der Waals surface area contributed by atoms with E-state index in [1.54, 1.807) is 17.2 Å². The molecule has 0 atom stereocenters. The average molecular weight is 406 g/mol. The number of rotatable bonds is 2. The zero-order valence-electron chi connectivity index (χ0n) is 13.6. The Balaban J connectivity index is 1.97. The summed E-state index contributed by atoms with van der Waals surface area (Å²) < 4.78 is 6.19. The number of hydrogen-bond acceptors (Lipinski definition) is 4. The molecule has 0 aliphatic carbocycles. The molecule has 1 aromatic heterocycles. The van der Waals surface area contributed by atoms with Crippen molar-refractivity contribution in [3.05, 3.63) is 27.5 Å². The Bertz CT molecular complexity index is 581. The van der Waals surface area contributed by atoms with Gasteiger partial charge in [-0.1, -0.05) is 11.6 Å². The first kappa shape index (κ1) is 18.5. The summed E-state index contributed by atoms with van der Waals surface area (Å²) in [5, 5.41) is 11.2. The minimum absolute atomic E-state index is 0.326. The number of halogens is 2. The molecule has 128 valence electrons. The van der Waals surface area contributed by atoms with Crippen LogP contribution in [0.1, 0.15) is 39.2 Å². The zero-order valence-corrected chi connectivity index (χ0v) is 15.9. The van der Waals surface area contributed by atoms with Gasteiger partial charge in [-0.25, -0.2) is 9.78 Å². The zero-order chi connectivity index (χ0) is 17.3. The van der Waals surface area contributed by atoms with Crippen LogP contribution in [0.2, 0.25) is 5.15 Å². The molecular weight excluding hydrogens is 384 g/mol. The number of aliphatic hydroxyl groups is 1. The first-order valence-electron chi connectivity index (χ1n) is 7.58. The molecule has 0 unspecified atom stereocenters. The SMILES string of the molecule is CC(C)(C)OC(=O)N1CCC(O)(Cc2cc(Cl)ncc2Br)CC1. The second kappa shape index (κ2) is 6.95. The van der Waals surface area contributed by atoms with E-state index in [1.165, 1.54) is 0 Å². The Morgan fingerprint density at radius 1 is 1.48 bits per heavy atom. The Morgan fingerprint density at radius 3 is 2.65 bits per heavy atom. The highest BCUT2D eigenvalue weighted by Crippen LogP contribution is 2.30. The molecule has 7 heteroatoms. The van der Waals surface area contributed by atoms with E-state index in [0.29, 0.717) is 37.5 Å². The topological polar surface area (TPSA) is 62.7 Å². The predicted molar refractivity (Wildman–Crippen MR) is 92.6 cm³/mol. The van der Waals surface area contributed by atoms with Crippen LogP contribution in [-0.4, -0.2) is 45.4 Å². The highest BCUT2D eigenvalue weighted by Gasteiger charge is 2.35. The lowest BCUT2D eigenvalue weighted by atomic mass is 9.86. The van der Waals surface area contributed by atoms with Crippen molar-refractivity contribution in [3.8, 4) is 0 Å². The Morgan fingerprint density at radius 2 is 2.09 bits per heavy atom. The van der Waals surface area contributed by atoms with E-state index >= 15 is 0 Å². The molecule has 1 amide bonds. The van der Waals surface area contributed by atoms with Gasteiger partial charge in [-0.3, -0.25) is 0 Å². The maximum Gasteiger partial charge on any atom is 0.410 e. The molecule has 23 heavy (non-hydrogen) atoms. The van der Waals surface area contributed by atoms with Crippen LogP contribution in [0, 0.1) is 0 Å². The van der Waals surface area contributed by atoms with E-state index in [-0.39, 0.29) is 6.09 Å². The lowest BCUT2D eigenvalue weighted by Crippen LogP contribution is -2.49. The third kappa shape index (κ3) is 5.33. The van der Waals surface area contributed by atoms with Crippen LogP contribution in [0.15, 0.2) is 16.7 Å². The summed E-state index contributed by atoms with van der Waals surface area (Å²) in [7, 11) is 0. The Kier molecular flexibility index (Phi) is 5.59. The fourth-order valence-electron chi connectivity index (χ4n) is 2.55. The number of hydrogen-bond donors (Lipinski definition) is 1. The number of pyridine rings is 1. The fourth-order valence-corrected chi connectivity index (χ4v) is 3.09. The molecule has 1 aliphatic heterocycles. The number of nitrogens with zero attached hydrogens (tertiary/aromatic N) is 2. The minimum atomic E-state index is -0.855. The normalized spacial score (nSPS) is 17.9. The van der Waals surface area contributed by atoms with Crippen molar-refractivity contribution in [2.24, 2.45) is 0 Å². The van der Waals surface area contributed by atoms with Crippen molar-refractivity contribution in [1.82, 2.24) is 9.88 Å². The van der Waals surface area contributed by atoms with Gasteiger partial charge >= 0.3 is 6.09 Å². The van der Waals surface area contributed by atoms with Gasteiger partial charge in [-0.2, -0.15) is 0 Å². The highest BCUT2D eigenvalue weighted by molar-refractivity contribution is 9.10. The molecule has 1 saturated heterocycles. The van der Waals surface area contributed by atoms with Gasteiger partial charge in [0.1, 0.15) is 10.8 Å². The van der Waals surface area contributed by atoms with Gasteiger partial charge in [0.2, 0.25) is 0 Å². The molecular formula is C16H22BrClN2O3. The second-order valence-electron chi connectivity index (χ2n) is 6.97. The number of carbonyl (C=O) groups is 1. The molecule has 1 aromatic rings. The number of carbonyl (C=O) groups excluding carboxylic acids is 1. The van der Waals surface area contributed by atoms with Crippen molar-refractivity contribution in [3.63, 3.8) is 0 Å². The smallest absolute Gasteiger partial charge is 0.410 e. The number of ether oxygens (including phenoxy) is 1. The van der Waals surface area contributed by atoms with Crippen molar-refractivity contribution < 1.29 is 14.6 Å². The lowest BCUT2D eigenvalue weighted by Gasteiger charge is -2.38.